The summed E-state index contributed by atoms with van der Waals surface area (Å²) in [5.74, 6) is -4.83. The zero-order chi connectivity index (χ0) is 14.5. The van der Waals surface area contributed by atoms with E-state index in [1.54, 1.807) is 6.07 Å². The maximum atomic E-state index is 12.6. The molecule has 3 nitrogen and oxygen atoms in total. The molecule has 8 heteroatoms. The predicted molar refractivity (Wildman–Crippen MR) is 59.5 cm³/mol. The number of hydrogen-bond donors (Lipinski definition) is 1. The topological polar surface area (TPSA) is 34.1 Å². The van der Waals surface area contributed by atoms with Crippen molar-refractivity contribution in [1.82, 2.24) is 4.98 Å². The number of pyridine rings is 1. The van der Waals surface area contributed by atoms with Crippen LogP contribution < -0.4 is 10.1 Å². The van der Waals surface area contributed by atoms with E-state index in [1.165, 1.54) is 12.1 Å². The summed E-state index contributed by atoms with van der Waals surface area (Å²) in [6, 6.07) is 4.22. The van der Waals surface area contributed by atoms with Crippen LogP contribution >= 0.6 is 0 Å². The molecule has 0 aliphatic carbocycles. The van der Waals surface area contributed by atoms with Gasteiger partial charge in [0.25, 0.3) is 0 Å². The summed E-state index contributed by atoms with van der Waals surface area (Å²) in [4.78, 5) is 3.76. The lowest BCUT2D eigenvalue weighted by atomic mass is 10.3. The fourth-order valence-corrected chi connectivity index (χ4v) is 1.09. The van der Waals surface area contributed by atoms with E-state index in [0.717, 1.165) is 6.42 Å². The largest absolute Gasteiger partial charge is 0.471 e. The lowest BCUT2D eigenvalue weighted by Crippen LogP contribution is -2.41. The summed E-state index contributed by atoms with van der Waals surface area (Å²) >= 11 is 0. The van der Waals surface area contributed by atoms with Gasteiger partial charge in [-0.25, -0.2) is 0 Å². The van der Waals surface area contributed by atoms with Gasteiger partial charge in [-0.05, 0) is 12.5 Å². The monoisotopic (exact) mass is 284 g/mol. The van der Waals surface area contributed by atoms with Gasteiger partial charge < -0.3 is 10.1 Å². The van der Waals surface area contributed by atoms with Gasteiger partial charge in [0.1, 0.15) is 5.82 Å². The number of anilines is 1. The summed E-state index contributed by atoms with van der Waals surface area (Å²) in [5, 5.41) is 2.86. The number of ether oxygens (including phenoxy) is 1. The van der Waals surface area contributed by atoms with Crippen molar-refractivity contribution in [3.8, 4) is 5.88 Å². The molecule has 0 aliphatic heterocycles. The molecule has 1 aromatic heterocycles. The van der Waals surface area contributed by atoms with E-state index < -0.39 is 18.7 Å². The second-order valence-corrected chi connectivity index (χ2v) is 3.78. The van der Waals surface area contributed by atoms with Gasteiger partial charge in [-0.2, -0.15) is 26.9 Å². The van der Waals surface area contributed by atoms with Crippen molar-refractivity contribution in [1.29, 1.82) is 0 Å². The lowest BCUT2D eigenvalue weighted by Gasteiger charge is -2.19. The van der Waals surface area contributed by atoms with Crippen LogP contribution in [0.5, 0.6) is 5.88 Å². The number of rotatable bonds is 6. The molecule has 0 atom stereocenters. The Morgan fingerprint density at radius 3 is 2.47 bits per heavy atom. The average molecular weight is 284 g/mol. The molecule has 0 saturated carbocycles. The third kappa shape index (κ3) is 4.53. The maximum Gasteiger partial charge on any atom is 0.456 e. The van der Waals surface area contributed by atoms with Crippen LogP contribution in [0.3, 0.4) is 0 Å². The molecule has 0 saturated heterocycles. The van der Waals surface area contributed by atoms with Crippen LogP contribution in [-0.2, 0) is 0 Å². The first-order chi connectivity index (χ1) is 8.76. The van der Waals surface area contributed by atoms with Crippen LogP contribution in [-0.4, -0.2) is 30.2 Å². The van der Waals surface area contributed by atoms with Crippen LogP contribution in [0, 0.1) is 0 Å². The molecule has 0 unspecified atom stereocenters. The first-order valence-corrected chi connectivity index (χ1v) is 5.54. The van der Waals surface area contributed by atoms with Crippen molar-refractivity contribution in [2.75, 3.05) is 18.5 Å². The van der Waals surface area contributed by atoms with Crippen LogP contribution in [0.1, 0.15) is 13.3 Å². The molecule has 0 aromatic carbocycles. The first kappa shape index (κ1) is 15.5. The zero-order valence-electron chi connectivity index (χ0n) is 10.1. The smallest absolute Gasteiger partial charge is 0.456 e. The minimum atomic E-state index is -5.63. The van der Waals surface area contributed by atoms with Crippen LogP contribution in [0.4, 0.5) is 27.8 Å². The Kier molecular flexibility index (Phi) is 4.90. The van der Waals surface area contributed by atoms with Gasteiger partial charge >= 0.3 is 12.1 Å². The number of nitrogens with zero attached hydrogens (tertiary/aromatic N) is 1. The third-order valence-corrected chi connectivity index (χ3v) is 2.10. The Morgan fingerprint density at radius 2 is 1.89 bits per heavy atom. The SMILES string of the molecule is CCCNc1cccc(OCC(F)(F)C(F)(F)F)n1. The van der Waals surface area contributed by atoms with E-state index in [-0.39, 0.29) is 5.88 Å². The van der Waals surface area contributed by atoms with Crippen molar-refractivity contribution in [2.24, 2.45) is 0 Å². The third-order valence-electron chi connectivity index (χ3n) is 2.10. The van der Waals surface area contributed by atoms with Gasteiger partial charge in [-0.3, -0.25) is 0 Å². The molecule has 108 valence electrons. The number of hydrogen-bond acceptors (Lipinski definition) is 3. The van der Waals surface area contributed by atoms with Gasteiger partial charge in [0.2, 0.25) is 5.88 Å². The minimum absolute atomic E-state index is 0.287. The zero-order valence-corrected chi connectivity index (χ0v) is 10.1. The van der Waals surface area contributed by atoms with Gasteiger partial charge in [0.05, 0.1) is 0 Å². The normalized spacial score (nSPS) is 12.3. The summed E-state index contributed by atoms with van der Waals surface area (Å²) in [7, 11) is 0. The second-order valence-electron chi connectivity index (χ2n) is 3.78. The van der Waals surface area contributed by atoms with Crippen LogP contribution in [0.25, 0.3) is 0 Å². The molecule has 1 aromatic rings. The van der Waals surface area contributed by atoms with E-state index in [4.69, 9.17) is 0 Å². The molecule has 1 rings (SSSR count). The Hall–Kier alpha value is -1.60. The summed E-state index contributed by atoms with van der Waals surface area (Å²) in [6.07, 6.45) is -4.82. The average Bonchev–Trinajstić information content (AvgIpc) is 2.33. The fourth-order valence-electron chi connectivity index (χ4n) is 1.09. The van der Waals surface area contributed by atoms with E-state index in [1.807, 2.05) is 6.92 Å². The highest BCUT2D eigenvalue weighted by molar-refractivity contribution is 5.36. The minimum Gasteiger partial charge on any atom is -0.471 e. The Bertz CT molecular complexity index is 408. The Morgan fingerprint density at radius 1 is 1.21 bits per heavy atom. The molecule has 0 aliphatic rings. The van der Waals surface area contributed by atoms with E-state index in [2.05, 4.69) is 15.0 Å². The van der Waals surface area contributed by atoms with Gasteiger partial charge in [0, 0.05) is 12.6 Å². The predicted octanol–water partition coefficient (Wildman–Crippen LogP) is 3.48. The fraction of sp³-hybridized carbons (Fsp3) is 0.545. The number of nitrogens with one attached hydrogen (secondary N) is 1. The lowest BCUT2D eigenvalue weighted by molar-refractivity contribution is -0.290. The highest BCUT2D eigenvalue weighted by Gasteiger charge is 2.58. The quantitative estimate of drug-likeness (QED) is 0.812. The van der Waals surface area contributed by atoms with Crippen molar-refractivity contribution in [3.05, 3.63) is 18.2 Å². The summed E-state index contributed by atoms with van der Waals surface area (Å²) < 4.78 is 65.4. The summed E-state index contributed by atoms with van der Waals surface area (Å²) in [5.41, 5.74) is 0. The Labute approximate surface area is 106 Å². The van der Waals surface area contributed by atoms with E-state index >= 15 is 0 Å². The molecular weight excluding hydrogens is 271 g/mol. The van der Waals surface area contributed by atoms with Gasteiger partial charge in [-0.15, -0.1) is 0 Å². The second kappa shape index (κ2) is 6.03. The van der Waals surface area contributed by atoms with Gasteiger partial charge in [-0.1, -0.05) is 13.0 Å². The van der Waals surface area contributed by atoms with Crippen molar-refractivity contribution in [3.63, 3.8) is 0 Å². The molecule has 0 bridgehead atoms. The first-order valence-electron chi connectivity index (χ1n) is 5.54. The standard InChI is InChI=1S/C11H13F5N2O/c1-2-6-17-8-4-3-5-9(18-8)19-7-10(12,13)11(14,15)16/h3-5H,2,6-7H2,1H3,(H,17,18). The van der Waals surface area contributed by atoms with Crippen molar-refractivity contribution >= 4 is 5.82 Å². The molecule has 0 radical (unpaired) electrons. The van der Waals surface area contributed by atoms with Gasteiger partial charge in [0.15, 0.2) is 6.61 Å². The number of aromatic nitrogens is 1. The maximum absolute atomic E-state index is 12.6. The van der Waals surface area contributed by atoms with Crippen molar-refractivity contribution < 1.29 is 26.7 Å². The molecule has 1 heterocycles. The van der Waals surface area contributed by atoms with Crippen molar-refractivity contribution in [2.45, 2.75) is 25.4 Å². The van der Waals surface area contributed by atoms with Crippen LogP contribution in [0.2, 0.25) is 0 Å². The Balaban J connectivity index is 2.63. The van der Waals surface area contributed by atoms with E-state index in [0.29, 0.717) is 12.4 Å². The van der Waals surface area contributed by atoms with E-state index in [9.17, 15) is 22.0 Å². The summed E-state index contributed by atoms with van der Waals surface area (Å²) in [6.45, 7) is 0.729. The van der Waals surface area contributed by atoms with Crippen LogP contribution in [0.15, 0.2) is 18.2 Å². The number of halogens is 5. The highest BCUT2D eigenvalue weighted by atomic mass is 19.4. The highest BCUT2D eigenvalue weighted by Crippen LogP contribution is 2.35. The molecule has 0 fully saturated rings. The molecule has 0 spiro atoms. The molecular formula is C11H13F5N2O. The molecule has 19 heavy (non-hydrogen) atoms. The number of alkyl halides is 5. The molecule has 0 amide bonds. The molecule has 1 N–H and O–H groups in total.